The molecule has 3 nitrogen and oxygen atoms in total. The van der Waals surface area contributed by atoms with Crippen LogP contribution in [0.2, 0.25) is 0 Å². The van der Waals surface area contributed by atoms with Crippen molar-refractivity contribution in [2.75, 3.05) is 17.2 Å². The van der Waals surface area contributed by atoms with Crippen molar-refractivity contribution in [3.8, 4) is 0 Å². The predicted molar refractivity (Wildman–Crippen MR) is 122 cm³/mol. The Bertz CT molecular complexity index is 927. The minimum atomic E-state index is 0.0953. The molecule has 3 rings (SSSR count). The van der Waals surface area contributed by atoms with Gasteiger partial charge in [-0.05, 0) is 110 Å². The van der Waals surface area contributed by atoms with Crippen LogP contribution in [0.25, 0.3) is 0 Å². The second-order valence-corrected chi connectivity index (χ2v) is 7.92. The third kappa shape index (κ3) is 3.11. The summed E-state index contributed by atoms with van der Waals surface area (Å²) in [5, 5.41) is 0. The maximum Gasteiger partial charge on any atom is 0.0348 e. The molecule has 0 saturated heterocycles. The van der Waals surface area contributed by atoms with Gasteiger partial charge in [0.1, 0.15) is 0 Å². The van der Waals surface area contributed by atoms with Crippen molar-refractivity contribution in [3.63, 3.8) is 0 Å². The third-order valence-electron chi connectivity index (χ3n) is 6.55. The molecule has 0 atom stereocenters. The van der Waals surface area contributed by atoms with Gasteiger partial charge in [0.05, 0.1) is 0 Å². The van der Waals surface area contributed by atoms with Crippen molar-refractivity contribution < 1.29 is 0 Å². The normalized spacial score (nSPS) is 11.2. The van der Waals surface area contributed by atoms with E-state index in [-0.39, 0.29) is 5.92 Å². The third-order valence-corrected chi connectivity index (χ3v) is 6.55. The Morgan fingerprint density at radius 2 is 0.679 bits per heavy atom. The number of anilines is 3. The first-order valence-electron chi connectivity index (χ1n) is 9.71. The first-order chi connectivity index (χ1) is 13.1. The fourth-order valence-electron chi connectivity index (χ4n) is 4.03. The van der Waals surface area contributed by atoms with Gasteiger partial charge in [0.15, 0.2) is 0 Å². The molecule has 0 bridgehead atoms. The smallest absolute Gasteiger partial charge is 0.0348 e. The molecule has 146 valence electrons. The van der Waals surface area contributed by atoms with Gasteiger partial charge >= 0.3 is 0 Å². The SMILES string of the molecule is Cc1c(N)ccc(C(c2ccc(N)c(C)c2C)c2ccc(N)c(C)c2C)c1C. The van der Waals surface area contributed by atoms with Crippen molar-refractivity contribution in [2.45, 2.75) is 47.5 Å². The average Bonchev–Trinajstić information content (AvgIpc) is 2.67. The Balaban J connectivity index is 2.38. The Kier molecular flexibility index (Phi) is 5.12. The summed E-state index contributed by atoms with van der Waals surface area (Å²) in [6.45, 7) is 12.8. The highest BCUT2D eigenvalue weighted by molar-refractivity contribution is 5.63. The summed E-state index contributed by atoms with van der Waals surface area (Å²) in [4.78, 5) is 0. The molecule has 0 radical (unpaired) electrons. The largest absolute Gasteiger partial charge is 0.399 e. The average molecular weight is 374 g/mol. The van der Waals surface area contributed by atoms with Gasteiger partial charge in [-0.3, -0.25) is 0 Å². The van der Waals surface area contributed by atoms with Crippen LogP contribution in [-0.4, -0.2) is 0 Å². The zero-order chi connectivity index (χ0) is 20.7. The molecule has 0 aliphatic rings. The lowest BCUT2D eigenvalue weighted by molar-refractivity contribution is 0.927. The molecule has 0 heterocycles. The van der Waals surface area contributed by atoms with Crippen molar-refractivity contribution >= 4 is 17.1 Å². The molecule has 3 heteroatoms. The second kappa shape index (κ2) is 7.23. The molecule has 0 saturated carbocycles. The summed E-state index contributed by atoms with van der Waals surface area (Å²) in [5.41, 5.74) is 31.9. The highest BCUT2D eigenvalue weighted by atomic mass is 14.6. The zero-order valence-corrected chi connectivity index (χ0v) is 17.8. The number of nitrogens with two attached hydrogens (primary N) is 3. The van der Waals surface area contributed by atoms with Crippen LogP contribution < -0.4 is 17.2 Å². The van der Waals surface area contributed by atoms with Gasteiger partial charge in [0.25, 0.3) is 0 Å². The molecule has 3 aromatic rings. The summed E-state index contributed by atoms with van der Waals surface area (Å²) in [5.74, 6) is 0.0953. The van der Waals surface area contributed by atoms with Crippen LogP contribution >= 0.6 is 0 Å². The molecular weight excluding hydrogens is 342 g/mol. The van der Waals surface area contributed by atoms with E-state index in [2.05, 4.69) is 59.7 Å². The minimum Gasteiger partial charge on any atom is -0.399 e. The fourth-order valence-corrected chi connectivity index (χ4v) is 4.03. The second-order valence-electron chi connectivity index (χ2n) is 7.92. The van der Waals surface area contributed by atoms with Crippen LogP contribution in [0, 0.1) is 41.5 Å². The molecule has 0 amide bonds. The molecule has 6 N–H and O–H groups in total. The maximum atomic E-state index is 6.18. The highest BCUT2D eigenvalue weighted by Crippen LogP contribution is 2.41. The van der Waals surface area contributed by atoms with Crippen LogP contribution in [-0.2, 0) is 0 Å². The standard InChI is InChI=1S/C25H31N3/c1-13-16(4)22(26)10-7-19(13)25(20-8-11-23(27)17(5)14(20)2)21-9-12-24(28)18(6)15(21)3/h7-12,25H,26-28H2,1-6H3. The topological polar surface area (TPSA) is 78.1 Å². The first kappa shape index (κ1) is 19.8. The van der Waals surface area contributed by atoms with E-state index in [0.29, 0.717) is 0 Å². The molecule has 0 aromatic heterocycles. The molecule has 0 spiro atoms. The zero-order valence-electron chi connectivity index (χ0n) is 17.8. The minimum absolute atomic E-state index is 0.0953. The van der Waals surface area contributed by atoms with E-state index in [1.165, 1.54) is 33.4 Å². The Hall–Kier alpha value is -2.94. The molecule has 0 aliphatic heterocycles. The Labute approximate surface area is 168 Å². The van der Waals surface area contributed by atoms with Crippen molar-refractivity contribution in [2.24, 2.45) is 0 Å². The molecule has 28 heavy (non-hydrogen) atoms. The summed E-state index contributed by atoms with van der Waals surface area (Å²) in [7, 11) is 0. The number of nitrogen functional groups attached to an aromatic ring is 3. The van der Waals surface area contributed by atoms with E-state index < -0.39 is 0 Å². The van der Waals surface area contributed by atoms with Crippen LogP contribution in [0.4, 0.5) is 17.1 Å². The van der Waals surface area contributed by atoms with Crippen LogP contribution in [0.15, 0.2) is 36.4 Å². The van der Waals surface area contributed by atoms with E-state index in [1.54, 1.807) is 0 Å². The summed E-state index contributed by atoms with van der Waals surface area (Å²) < 4.78 is 0. The lowest BCUT2D eigenvalue weighted by Gasteiger charge is -2.27. The predicted octanol–water partition coefficient (Wildman–Crippen LogP) is 5.46. The Morgan fingerprint density at radius 3 is 0.929 bits per heavy atom. The van der Waals surface area contributed by atoms with Gasteiger partial charge in [-0.15, -0.1) is 0 Å². The van der Waals surface area contributed by atoms with Crippen molar-refractivity contribution in [1.29, 1.82) is 0 Å². The van der Waals surface area contributed by atoms with Gasteiger partial charge in [0, 0.05) is 23.0 Å². The highest BCUT2D eigenvalue weighted by Gasteiger charge is 2.25. The summed E-state index contributed by atoms with van der Waals surface area (Å²) in [6.07, 6.45) is 0. The summed E-state index contributed by atoms with van der Waals surface area (Å²) in [6, 6.07) is 12.5. The number of hydrogen-bond donors (Lipinski definition) is 3. The van der Waals surface area contributed by atoms with Crippen molar-refractivity contribution in [3.05, 3.63) is 86.5 Å². The number of rotatable bonds is 3. The number of benzene rings is 3. The fraction of sp³-hybridized carbons (Fsp3) is 0.280. The molecular formula is C25H31N3. The lowest BCUT2D eigenvalue weighted by atomic mass is 9.77. The van der Waals surface area contributed by atoms with Gasteiger partial charge in [-0.2, -0.15) is 0 Å². The van der Waals surface area contributed by atoms with Crippen molar-refractivity contribution in [1.82, 2.24) is 0 Å². The summed E-state index contributed by atoms with van der Waals surface area (Å²) >= 11 is 0. The van der Waals surface area contributed by atoms with Gasteiger partial charge in [0.2, 0.25) is 0 Å². The van der Waals surface area contributed by atoms with Crippen LogP contribution in [0.1, 0.15) is 56.0 Å². The molecule has 3 aromatic carbocycles. The van der Waals surface area contributed by atoms with Gasteiger partial charge in [-0.1, -0.05) is 18.2 Å². The molecule has 0 fully saturated rings. The van der Waals surface area contributed by atoms with Gasteiger partial charge < -0.3 is 17.2 Å². The monoisotopic (exact) mass is 373 g/mol. The van der Waals surface area contributed by atoms with Gasteiger partial charge in [-0.25, -0.2) is 0 Å². The Morgan fingerprint density at radius 1 is 0.429 bits per heavy atom. The quantitative estimate of drug-likeness (QED) is 0.421. The molecule has 0 aliphatic carbocycles. The van der Waals surface area contributed by atoms with E-state index in [1.807, 2.05) is 18.2 Å². The molecule has 0 unspecified atom stereocenters. The number of hydrogen-bond acceptors (Lipinski definition) is 3. The van der Waals surface area contributed by atoms with Crippen LogP contribution in [0.5, 0.6) is 0 Å². The van der Waals surface area contributed by atoms with E-state index >= 15 is 0 Å². The van der Waals surface area contributed by atoms with E-state index in [4.69, 9.17) is 17.2 Å². The lowest BCUT2D eigenvalue weighted by Crippen LogP contribution is -2.12. The van der Waals surface area contributed by atoms with E-state index in [0.717, 1.165) is 33.8 Å². The van der Waals surface area contributed by atoms with E-state index in [9.17, 15) is 0 Å². The maximum absolute atomic E-state index is 6.18. The first-order valence-corrected chi connectivity index (χ1v) is 9.71. The van der Waals surface area contributed by atoms with Crippen LogP contribution in [0.3, 0.4) is 0 Å².